The number of nitrogens with zero attached hydrogens (tertiary/aromatic N) is 4. The molecule has 0 saturated carbocycles. The largest absolute Gasteiger partial charge is 0.364 e. The summed E-state index contributed by atoms with van der Waals surface area (Å²) in [5.74, 6) is -1.11. The molecule has 0 atom stereocenters. The maximum atomic E-state index is 12.5. The van der Waals surface area contributed by atoms with Crippen LogP contribution in [0.4, 0.5) is 11.4 Å². The lowest BCUT2D eigenvalue weighted by atomic mass is 10.2. The summed E-state index contributed by atoms with van der Waals surface area (Å²) in [6, 6.07) is 8.76. The van der Waals surface area contributed by atoms with Crippen molar-refractivity contribution in [3.8, 4) is 0 Å². The van der Waals surface area contributed by atoms with Crippen molar-refractivity contribution in [3.05, 3.63) is 84.4 Å². The van der Waals surface area contributed by atoms with Gasteiger partial charge in [0.2, 0.25) is 0 Å². The fourth-order valence-corrected chi connectivity index (χ4v) is 2.40. The third-order valence-corrected chi connectivity index (χ3v) is 3.63. The Morgan fingerprint density at radius 3 is 2.26 bits per heavy atom. The number of aromatic nitrogens is 2. The van der Waals surface area contributed by atoms with Crippen LogP contribution in [0, 0.1) is 27.2 Å². The molecule has 0 N–H and O–H groups in total. The molecule has 3 rings (SSSR count). The van der Waals surface area contributed by atoms with E-state index in [-0.39, 0.29) is 11.2 Å². The Bertz CT molecular complexity index is 1140. The van der Waals surface area contributed by atoms with Crippen LogP contribution in [0.5, 0.6) is 0 Å². The second-order valence-corrected chi connectivity index (χ2v) is 5.41. The Morgan fingerprint density at radius 2 is 1.67 bits per heavy atom. The maximum Gasteiger partial charge on any atom is 0.364 e. The average Bonchev–Trinajstić information content (AvgIpc) is 2.64. The van der Waals surface area contributed by atoms with E-state index in [1.54, 1.807) is 18.2 Å². The highest BCUT2D eigenvalue weighted by Crippen LogP contribution is 2.23. The van der Waals surface area contributed by atoms with Crippen molar-refractivity contribution in [3.63, 3.8) is 0 Å². The molecule has 0 aliphatic rings. The van der Waals surface area contributed by atoms with Gasteiger partial charge in [0, 0.05) is 12.1 Å². The molecule has 11 heteroatoms. The van der Waals surface area contributed by atoms with Gasteiger partial charge < -0.3 is 4.84 Å². The van der Waals surface area contributed by atoms with E-state index < -0.39 is 38.3 Å². The summed E-state index contributed by atoms with van der Waals surface area (Å²) in [4.78, 5) is 54.1. The Balaban J connectivity index is 2.06. The molecular formula is C16H10N4O7. The van der Waals surface area contributed by atoms with Crippen LogP contribution in [-0.2, 0) is 0 Å². The van der Waals surface area contributed by atoms with Gasteiger partial charge in [0.25, 0.3) is 16.9 Å². The van der Waals surface area contributed by atoms with Gasteiger partial charge >= 0.3 is 5.97 Å². The Morgan fingerprint density at radius 1 is 1.07 bits per heavy atom. The summed E-state index contributed by atoms with van der Waals surface area (Å²) >= 11 is 0. The number of non-ortho nitro benzene ring substituents is 2. The number of nitro benzene ring substituents is 2. The van der Waals surface area contributed by atoms with Gasteiger partial charge in [-0.3, -0.25) is 25.0 Å². The number of hydrogen-bond acceptors (Lipinski definition) is 8. The standard InChI is InChI=1S/C16H10N4O7/c1-9-17-14-5-3-2-4-13(14)15(21)18(9)27-16(22)10-6-11(19(23)24)8-12(7-10)20(25)26/h2-8H,1H3. The number of carbonyl (C=O) groups excluding carboxylic acids is 1. The minimum Gasteiger partial charge on any atom is -0.326 e. The molecule has 0 bridgehead atoms. The van der Waals surface area contributed by atoms with E-state index in [2.05, 4.69) is 4.98 Å². The van der Waals surface area contributed by atoms with E-state index in [1.807, 2.05) is 0 Å². The van der Waals surface area contributed by atoms with E-state index in [0.717, 1.165) is 12.1 Å². The number of rotatable bonds is 4. The van der Waals surface area contributed by atoms with Gasteiger partial charge in [-0.15, -0.1) is 4.73 Å². The Kier molecular flexibility index (Phi) is 4.34. The van der Waals surface area contributed by atoms with Crippen molar-refractivity contribution in [2.75, 3.05) is 0 Å². The monoisotopic (exact) mass is 370 g/mol. The van der Waals surface area contributed by atoms with E-state index in [4.69, 9.17) is 4.84 Å². The van der Waals surface area contributed by atoms with Crippen molar-refractivity contribution in [2.24, 2.45) is 0 Å². The smallest absolute Gasteiger partial charge is 0.326 e. The predicted octanol–water partition coefficient (Wildman–Crippen LogP) is 1.79. The molecule has 0 spiro atoms. The first-order valence-electron chi connectivity index (χ1n) is 7.43. The molecule has 1 heterocycles. The van der Waals surface area contributed by atoms with Crippen LogP contribution in [-0.4, -0.2) is 25.5 Å². The van der Waals surface area contributed by atoms with Gasteiger partial charge in [0.15, 0.2) is 0 Å². The molecule has 0 fully saturated rings. The fourth-order valence-electron chi connectivity index (χ4n) is 2.40. The number of aryl methyl sites for hydroxylation is 1. The second kappa shape index (κ2) is 6.63. The third kappa shape index (κ3) is 3.33. The molecule has 0 amide bonds. The Hall–Kier alpha value is -4.15. The van der Waals surface area contributed by atoms with E-state index in [1.165, 1.54) is 13.0 Å². The molecule has 11 nitrogen and oxygen atoms in total. The van der Waals surface area contributed by atoms with Crippen LogP contribution >= 0.6 is 0 Å². The van der Waals surface area contributed by atoms with Crippen molar-refractivity contribution in [1.82, 2.24) is 9.71 Å². The summed E-state index contributed by atoms with van der Waals surface area (Å²) in [6.07, 6.45) is 0. The molecule has 0 unspecified atom stereocenters. The van der Waals surface area contributed by atoms with Crippen molar-refractivity contribution in [2.45, 2.75) is 6.92 Å². The van der Waals surface area contributed by atoms with Crippen LogP contribution in [0.3, 0.4) is 0 Å². The second-order valence-electron chi connectivity index (χ2n) is 5.41. The lowest BCUT2D eigenvalue weighted by Crippen LogP contribution is -2.33. The van der Waals surface area contributed by atoms with Crippen molar-refractivity contribution < 1.29 is 19.5 Å². The van der Waals surface area contributed by atoms with E-state index >= 15 is 0 Å². The first kappa shape index (κ1) is 17.7. The first-order valence-corrected chi connectivity index (χ1v) is 7.43. The van der Waals surface area contributed by atoms with Crippen LogP contribution in [0.25, 0.3) is 10.9 Å². The third-order valence-electron chi connectivity index (χ3n) is 3.63. The Labute approximate surface area is 149 Å². The maximum absolute atomic E-state index is 12.5. The van der Waals surface area contributed by atoms with Gasteiger partial charge in [-0.05, 0) is 19.1 Å². The van der Waals surface area contributed by atoms with Crippen LogP contribution < -0.4 is 10.4 Å². The minimum atomic E-state index is -1.18. The number of carbonyl (C=O) groups is 1. The lowest BCUT2D eigenvalue weighted by Gasteiger charge is -2.10. The van der Waals surface area contributed by atoms with Gasteiger partial charge in [-0.2, -0.15) is 0 Å². The topological polar surface area (TPSA) is 147 Å². The SMILES string of the molecule is Cc1nc2ccccc2c(=O)n1OC(=O)c1cc([N+](=O)[O-])cc([N+](=O)[O-])c1. The van der Waals surface area contributed by atoms with Crippen LogP contribution in [0.1, 0.15) is 16.2 Å². The molecule has 1 aromatic heterocycles. The van der Waals surface area contributed by atoms with E-state index in [9.17, 15) is 29.8 Å². The zero-order valence-corrected chi connectivity index (χ0v) is 13.7. The predicted molar refractivity (Wildman–Crippen MR) is 91.4 cm³/mol. The van der Waals surface area contributed by atoms with Crippen molar-refractivity contribution in [1.29, 1.82) is 0 Å². The molecule has 136 valence electrons. The van der Waals surface area contributed by atoms with Gasteiger partial charge in [-0.25, -0.2) is 9.78 Å². The summed E-state index contributed by atoms with van der Waals surface area (Å²) in [7, 11) is 0. The number of hydrogen-bond donors (Lipinski definition) is 0. The molecule has 27 heavy (non-hydrogen) atoms. The zero-order valence-electron chi connectivity index (χ0n) is 13.7. The van der Waals surface area contributed by atoms with Crippen LogP contribution in [0.2, 0.25) is 0 Å². The normalized spacial score (nSPS) is 10.6. The molecule has 0 saturated heterocycles. The number of para-hydroxylation sites is 1. The summed E-state index contributed by atoms with van der Waals surface area (Å²) in [5.41, 5.74) is -2.02. The highest BCUT2D eigenvalue weighted by molar-refractivity contribution is 5.91. The summed E-state index contributed by atoms with van der Waals surface area (Å²) in [6.45, 7) is 1.43. The fraction of sp³-hybridized carbons (Fsp3) is 0.0625. The highest BCUT2D eigenvalue weighted by atomic mass is 16.7. The minimum absolute atomic E-state index is 0.0620. The molecule has 0 radical (unpaired) electrons. The average molecular weight is 370 g/mol. The zero-order chi connectivity index (χ0) is 19.7. The molecule has 3 aromatic rings. The molecule has 0 aliphatic carbocycles. The first-order chi connectivity index (χ1) is 12.8. The quantitative estimate of drug-likeness (QED) is 0.498. The van der Waals surface area contributed by atoms with Crippen molar-refractivity contribution >= 4 is 28.2 Å². The number of benzene rings is 2. The van der Waals surface area contributed by atoms with E-state index in [0.29, 0.717) is 16.3 Å². The summed E-state index contributed by atoms with van der Waals surface area (Å²) < 4.78 is 0.634. The lowest BCUT2D eigenvalue weighted by molar-refractivity contribution is -0.394. The summed E-state index contributed by atoms with van der Waals surface area (Å²) in [5, 5.41) is 22.1. The van der Waals surface area contributed by atoms with Gasteiger partial charge in [-0.1, -0.05) is 12.1 Å². The highest BCUT2D eigenvalue weighted by Gasteiger charge is 2.22. The van der Waals surface area contributed by atoms with Crippen LogP contribution in [0.15, 0.2) is 47.3 Å². The number of nitro groups is 2. The molecular weight excluding hydrogens is 360 g/mol. The molecule has 2 aromatic carbocycles. The number of fused-ring (bicyclic) bond motifs is 1. The van der Waals surface area contributed by atoms with Gasteiger partial charge in [0.1, 0.15) is 5.82 Å². The van der Waals surface area contributed by atoms with Gasteiger partial charge in [0.05, 0.1) is 32.4 Å². The molecule has 0 aliphatic heterocycles.